The number of aromatic nitrogens is 4. The van der Waals surface area contributed by atoms with E-state index >= 15 is 0 Å². The minimum absolute atomic E-state index is 0.0133. The number of tetrazole rings is 1. The van der Waals surface area contributed by atoms with Crippen molar-refractivity contribution in [3.8, 4) is 11.4 Å². The summed E-state index contributed by atoms with van der Waals surface area (Å²) in [7, 11) is 1.66. The highest BCUT2D eigenvalue weighted by molar-refractivity contribution is 5.76. The zero-order valence-electron chi connectivity index (χ0n) is 13.4. The van der Waals surface area contributed by atoms with Gasteiger partial charge in [0, 0.05) is 31.5 Å². The zero-order valence-corrected chi connectivity index (χ0v) is 13.4. The maximum Gasteiger partial charge on any atom is 0.248 e. The Hall–Kier alpha value is -2.38. The predicted octanol–water partition coefficient (Wildman–Crippen LogP) is 2.38. The minimum Gasteiger partial charge on any atom is -0.341 e. The summed E-state index contributed by atoms with van der Waals surface area (Å²) < 4.78 is 27.9. The van der Waals surface area contributed by atoms with E-state index in [0.29, 0.717) is 18.7 Å². The molecule has 3 rings (SSSR count). The quantitative estimate of drug-likeness (QED) is 0.860. The van der Waals surface area contributed by atoms with E-state index in [1.165, 1.54) is 4.68 Å². The molecule has 0 unspecified atom stereocenters. The molecule has 1 heterocycles. The first kappa shape index (κ1) is 16.5. The topological polar surface area (TPSA) is 63.9 Å². The second-order valence-corrected chi connectivity index (χ2v) is 6.12. The number of rotatable bonds is 4. The standard InChI is InChI=1S/C16H19F2N5O/c1-22(13-7-9-16(17,18)10-8-13)14(24)11-23-15(19-20-21-23)12-5-3-2-4-6-12/h2-6,13H,7-11H2,1H3. The lowest BCUT2D eigenvalue weighted by Crippen LogP contribution is -2.43. The average molecular weight is 335 g/mol. The molecule has 1 aromatic carbocycles. The number of carbonyl (C=O) groups is 1. The van der Waals surface area contributed by atoms with Crippen LogP contribution in [0.25, 0.3) is 11.4 Å². The summed E-state index contributed by atoms with van der Waals surface area (Å²) in [6.07, 6.45) is 0.289. The average Bonchev–Trinajstić information content (AvgIpc) is 3.03. The van der Waals surface area contributed by atoms with Crippen molar-refractivity contribution in [2.24, 2.45) is 0 Å². The first-order valence-electron chi connectivity index (χ1n) is 7.91. The van der Waals surface area contributed by atoms with E-state index in [4.69, 9.17) is 0 Å². The van der Waals surface area contributed by atoms with Crippen molar-refractivity contribution in [1.29, 1.82) is 0 Å². The van der Waals surface area contributed by atoms with Crippen molar-refractivity contribution in [3.05, 3.63) is 30.3 Å². The van der Waals surface area contributed by atoms with Gasteiger partial charge in [0.15, 0.2) is 5.82 Å². The van der Waals surface area contributed by atoms with Gasteiger partial charge < -0.3 is 4.90 Å². The molecule has 0 atom stereocenters. The maximum absolute atomic E-state index is 13.3. The van der Waals surface area contributed by atoms with Crippen LogP contribution in [0, 0.1) is 0 Å². The van der Waals surface area contributed by atoms with Gasteiger partial charge in [0.25, 0.3) is 0 Å². The van der Waals surface area contributed by atoms with Gasteiger partial charge in [0.1, 0.15) is 6.54 Å². The van der Waals surface area contributed by atoms with Crippen LogP contribution in [-0.2, 0) is 11.3 Å². The van der Waals surface area contributed by atoms with Gasteiger partial charge in [0.2, 0.25) is 11.8 Å². The number of hydrogen-bond donors (Lipinski definition) is 0. The molecular weight excluding hydrogens is 316 g/mol. The number of alkyl halides is 2. The smallest absolute Gasteiger partial charge is 0.248 e. The Morgan fingerprint density at radius 3 is 2.62 bits per heavy atom. The first-order valence-corrected chi connectivity index (χ1v) is 7.91. The van der Waals surface area contributed by atoms with Crippen LogP contribution in [0.1, 0.15) is 25.7 Å². The van der Waals surface area contributed by atoms with Gasteiger partial charge in [-0.2, -0.15) is 0 Å². The predicted molar refractivity (Wildman–Crippen MR) is 83.2 cm³/mol. The second kappa shape index (κ2) is 6.62. The number of carbonyl (C=O) groups excluding carboxylic acids is 1. The molecule has 1 aliphatic carbocycles. The Morgan fingerprint density at radius 1 is 1.29 bits per heavy atom. The van der Waals surface area contributed by atoms with Gasteiger partial charge in [-0.25, -0.2) is 13.5 Å². The van der Waals surface area contributed by atoms with Crippen LogP contribution < -0.4 is 0 Å². The Kier molecular flexibility index (Phi) is 4.55. The van der Waals surface area contributed by atoms with Crippen LogP contribution in [0.4, 0.5) is 8.78 Å². The van der Waals surface area contributed by atoms with Crippen molar-refractivity contribution in [2.75, 3.05) is 7.05 Å². The maximum atomic E-state index is 13.3. The molecule has 128 valence electrons. The molecule has 24 heavy (non-hydrogen) atoms. The Labute approximate surface area is 138 Å². The second-order valence-electron chi connectivity index (χ2n) is 6.12. The number of hydrogen-bond acceptors (Lipinski definition) is 4. The summed E-state index contributed by atoms with van der Waals surface area (Å²) in [6.45, 7) is -0.0133. The molecule has 0 bridgehead atoms. The highest BCUT2D eigenvalue weighted by atomic mass is 19.3. The van der Waals surface area contributed by atoms with Gasteiger partial charge >= 0.3 is 0 Å². The lowest BCUT2D eigenvalue weighted by Gasteiger charge is -2.34. The number of benzene rings is 1. The molecule has 1 saturated carbocycles. The third-order valence-electron chi connectivity index (χ3n) is 4.48. The van der Waals surface area contributed by atoms with Gasteiger partial charge in [-0.15, -0.1) is 5.10 Å². The van der Waals surface area contributed by atoms with Crippen molar-refractivity contribution in [1.82, 2.24) is 25.1 Å². The van der Waals surface area contributed by atoms with Crippen LogP contribution in [0.5, 0.6) is 0 Å². The molecular formula is C16H19F2N5O. The van der Waals surface area contributed by atoms with Gasteiger partial charge in [-0.3, -0.25) is 4.79 Å². The van der Waals surface area contributed by atoms with Crippen molar-refractivity contribution in [2.45, 2.75) is 44.2 Å². The van der Waals surface area contributed by atoms with E-state index in [1.807, 2.05) is 30.3 Å². The lowest BCUT2D eigenvalue weighted by atomic mass is 9.91. The van der Waals surface area contributed by atoms with Crippen LogP contribution in [0.15, 0.2) is 30.3 Å². The molecule has 1 aliphatic rings. The highest BCUT2D eigenvalue weighted by Gasteiger charge is 2.37. The fourth-order valence-electron chi connectivity index (χ4n) is 2.96. The molecule has 0 aliphatic heterocycles. The van der Waals surface area contributed by atoms with Crippen LogP contribution in [0.3, 0.4) is 0 Å². The SMILES string of the molecule is CN(C(=O)Cn1nnnc1-c1ccccc1)C1CCC(F)(F)CC1. The van der Waals surface area contributed by atoms with E-state index in [1.54, 1.807) is 11.9 Å². The van der Waals surface area contributed by atoms with Crippen LogP contribution >= 0.6 is 0 Å². The molecule has 1 amide bonds. The van der Waals surface area contributed by atoms with E-state index in [-0.39, 0.29) is 31.3 Å². The monoisotopic (exact) mass is 335 g/mol. The summed E-state index contributed by atoms with van der Waals surface area (Å²) >= 11 is 0. The zero-order chi connectivity index (χ0) is 17.2. The third kappa shape index (κ3) is 3.58. The van der Waals surface area contributed by atoms with E-state index in [2.05, 4.69) is 15.5 Å². The lowest BCUT2D eigenvalue weighted by molar-refractivity contribution is -0.135. The van der Waals surface area contributed by atoms with E-state index in [9.17, 15) is 13.6 Å². The molecule has 6 nitrogen and oxygen atoms in total. The largest absolute Gasteiger partial charge is 0.341 e. The van der Waals surface area contributed by atoms with Crippen LogP contribution in [0.2, 0.25) is 0 Å². The molecule has 1 fully saturated rings. The molecule has 0 saturated heterocycles. The molecule has 2 aromatic rings. The van der Waals surface area contributed by atoms with E-state index in [0.717, 1.165) is 5.56 Å². The number of nitrogens with zero attached hydrogens (tertiary/aromatic N) is 5. The normalized spacial score (nSPS) is 17.6. The molecule has 0 spiro atoms. The first-order chi connectivity index (χ1) is 11.5. The van der Waals surface area contributed by atoms with Crippen molar-refractivity contribution >= 4 is 5.91 Å². The summed E-state index contributed by atoms with van der Waals surface area (Å²) in [6, 6.07) is 9.18. The highest BCUT2D eigenvalue weighted by Crippen LogP contribution is 2.34. The van der Waals surface area contributed by atoms with Crippen molar-refractivity contribution < 1.29 is 13.6 Å². The summed E-state index contributed by atoms with van der Waals surface area (Å²) in [5.41, 5.74) is 0.815. The summed E-state index contributed by atoms with van der Waals surface area (Å²) in [5, 5.41) is 11.5. The Morgan fingerprint density at radius 2 is 1.96 bits per heavy atom. The summed E-state index contributed by atoms with van der Waals surface area (Å²) in [4.78, 5) is 14.0. The number of halogens is 2. The van der Waals surface area contributed by atoms with Crippen LogP contribution in [-0.4, -0.2) is 50.0 Å². The molecule has 0 radical (unpaired) electrons. The number of likely N-dealkylation sites (N-methyl/N-ethyl adjacent to an activating group) is 1. The van der Waals surface area contributed by atoms with Gasteiger partial charge in [-0.05, 0) is 23.3 Å². The third-order valence-corrected chi connectivity index (χ3v) is 4.48. The molecule has 0 N–H and O–H groups in total. The van der Waals surface area contributed by atoms with Gasteiger partial charge in [-0.1, -0.05) is 30.3 Å². The Bertz CT molecular complexity index is 694. The molecule has 8 heteroatoms. The van der Waals surface area contributed by atoms with Gasteiger partial charge in [0.05, 0.1) is 0 Å². The summed E-state index contributed by atoms with van der Waals surface area (Å²) in [5.74, 6) is -2.28. The van der Waals surface area contributed by atoms with Crippen molar-refractivity contribution in [3.63, 3.8) is 0 Å². The fraction of sp³-hybridized carbons (Fsp3) is 0.500. The Balaban J connectivity index is 1.67. The minimum atomic E-state index is -2.60. The van der Waals surface area contributed by atoms with E-state index < -0.39 is 5.92 Å². The molecule has 1 aromatic heterocycles. The fourth-order valence-corrected chi connectivity index (χ4v) is 2.96. The number of amides is 1.